The fourth-order valence-electron chi connectivity index (χ4n) is 2.02. The zero-order valence-corrected chi connectivity index (χ0v) is 14.2. The Hall–Kier alpha value is -2.81. The van der Waals surface area contributed by atoms with E-state index in [1.165, 1.54) is 17.0 Å². The van der Waals surface area contributed by atoms with Gasteiger partial charge in [0.25, 0.3) is 5.69 Å². The van der Waals surface area contributed by atoms with Crippen LogP contribution in [0.15, 0.2) is 40.8 Å². The minimum Gasteiger partial charge on any atom is -0.481 e. The minimum absolute atomic E-state index is 0.000259. The number of non-ortho nitro benzene ring substituents is 1. The Morgan fingerprint density at radius 1 is 1.20 bits per heavy atom. The lowest BCUT2D eigenvalue weighted by Crippen LogP contribution is -2.28. The Bertz CT molecular complexity index is 771. The lowest BCUT2D eigenvalue weighted by Gasteiger charge is -2.15. The highest BCUT2D eigenvalue weighted by Crippen LogP contribution is 2.25. The second-order valence-corrected chi connectivity index (χ2v) is 6.19. The molecule has 0 saturated heterocycles. The molecule has 1 aromatic carbocycles. The van der Waals surface area contributed by atoms with Crippen LogP contribution >= 0.6 is 11.8 Å². The predicted molar refractivity (Wildman–Crippen MR) is 92.2 cm³/mol. The fourth-order valence-corrected chi connectivity index (χ4v) is 2.69. The number of hydrogen-bond donors (Lipinski definition) is 1. The zero-order chi connectivity index (χ0) is 18.4. The van der Waals surface area contributed by atoms with Crippen molar-refractivity contribution in [3.8, 4) is 11.3 Å². The summed E-state index contributed by atoms with van der Waals surface area (Å²) in [4.78, 5) is 34.0. The first-order valence-corrected chi connectivity index (χ1v) is 8.39. The van der Waals surface area contributed by atoms with Gasteiger partial charge in [0.1, 0.15) is 11.5 Å². The lowest BCUT2D eigenvalue weighted by molar-refractivity contribution is -0.384. The summed E-state index contributed by atoms with van der Waals surface area (Å²) < 4.78 is 5.67. The first-order chi connectivity index (χ1) is 11.9. The largest absolute Gasteiger partial charge is 0.481 e. The molecule has 1 amide bonds. The highest BCUT2D eigenvalue weighted by atomic mass is 32.2. The molecule has 0 saturated carbocycles. The Labute approximate surface area is 147 Å². The van der Waals surface area contributed by atoms with Crippen LogP contribution in [0.2, 0.25) is 0 Å². The standard InChI is InChI=1S/C16H16N2O6S/c1-17(15(19)9-25-10-16(20)21)8-13-6-7-14(24-13)11-2-4-12(5-3-11)18(22)23/h2-7H,8-10H2,1H3,(H,20,21). The van der Waals surface area contributed by atoms with E-state index in [-0.39, 0.29) is 29.6 Å². The van der Waals surface area contributed by atoms with Crippen molar-refractivity contribution in [3.63, 3.8) is 0 Å². The van der Waals surface area contributed by atoms with Gasteiger partial charge in [0.15, 0.2) is 0 Å². The van der Waals surface area contributed by atoms with Crippen LogP contribution in [-0.2, 0) is 16.1 Å². The van der Waals surface area contributed by atoms with Crippen LogP contribution in [0.1, 0.15) is 5.76 Å². The second kappa shape index (κ2) is 8.34. The van der Waals surface area contributed by atoms with Crippen molar-refractivity contribution in [1.82, 2.24) is 4.90 Å². The molecule has 2 rings (SSSR count). The van der Waals surface area contributed by atoms with Crippen LogP contribution in [0.4, 0.5) is 5.69 Å². The number of rotatable bonds is 8. The normalized spacial score (nSPS) is 10.4. The predicted octanol–water partition coefficient (Wildman–Crippen LogP) is 2.63. The van der Waals surface area contributed by atoms with Gasteiger partial charge in [0, 0.05) is 24.7 Å². The minimum atomic E-state index is -0.959. The number of carboxylic acids is 1. The summed E-state index contributed by atoms with van der Waals surface area (Å²) in [5.41, 5.74) is 0.697. The van der Waals surface area contributed by atoms with Gasteiger partial charge in [-0.05, 0) is 24.3 Å². The molecule has 1 heterocycles. The number of carbonyl (C=O) groups is 2. The number of carboxylic acid groups (broad SMARTS) is 1. The van der Waals surface area contributed by atoms with Crippen molar-refractivity contribution in [1.29, 1.82) is 0 Å². The molecular weight excluding hydrogens is 348 g/mol. The number of hydrogen-bond acceptors (Lipinski definition) is 6. The molecule has 9 heteroatoms. The summed E-state index contributed by atoms with van der Waals surface area (Å²) in [5, 5.41) is 19.2. The van der Waals surface area contributed by atoms with E-state index in [1.54, 1.807) is 31.3 Å². The Kier molecular flexibility index (Phi) is 6.18. The van der Waals surface area contributed by atoms with E-state index >= 15 is 0 Å². The van der Waals surface area contributed by atoms with Gasteiger partial charge >= 0.3 is 5.97 Å². The fraction of sp³-hybridized carbons (Fsp3) is 0.250. The van der Waals surface area contributed by atoms with Crippen molar-refractivity contribution < 1.29 is 24.0 Å². The van der Waals surface area contributed by atoms with Gasteiger partial charge in [-0.15, -0.1) is 11.8 Å². The highest BCUT2D eigenvalue weighted by Gasteiger charge is 2.13. The number of amides is 1. The maximum Gasteiger partial charge on any atom is 0.313 e. The van der Waals surface area contributed by atoms with Crippen LogP contribution < -0.4 is 0 Å². The molecule has 0 aliphatic rings. The van der Waals surface area contributed by atoms with Gasteiger partial charge in [-0.1, -0.05) is 0 Å². The molecule has 0 radical (unpaired) electrons. The van der Waals surface area contributed by atoms with E-state index in [1.807, 2.05) is 0 Å². The van der Waals surface area contributed by atoms with Crippen LogP contribution in [0, 0.1) is 10.1 Å². The molecule has 0 unspecified atom stereocenters. The Morgan fingerprint density at radius 3 is 2.48 bits per heavy atom. The summed E-state index contributed by atoms with van der Waals surface area (Å²) in [6.45, 7) is 0.249. The lowest BCUT2D eigenvalue weighted by atomic mass is 10.1. The van der Waals surface area contributed by atoms with Crippen molar-refractivity contribution in [2.45, 2.75) is 6.54 Å². The number of furan rings is 1. The summed E-state index contributed by atoms with van der Waals surface area (Å²) in [5.74, 6) is -0.0826. The van der Waals surface area contributed by atoms with E-state index in [0.717, 1.165) is 11.8 Å². The van der Waals surface area contributed by atoms with E-state index in [4.69, 9.17) is 9.52 Å². The number of aliphatic carboxylic acids is 1. The molecule has 0 spiro atoms. The van der Waals surface area contributed by atoms with E-state index in [0.29, 0.717) is 17.1 Å². The summed E-state index contributed by atoms with van der Waals surface area (Å²) in [7, 11) is 1.61. The van der Waals surface area contributed by atoms with Gasteiger partial charge in [0.05, 0.1) is 23.0 Å². The average molecular weight is 364 g/mol. The maximum atomic E-state index is 11.9. The average Bonchev–Trinajstić information content (AvgIpc) is 3.03. The third-order valence-corrected chi connectivity index (χ3v) is 4.20. The summed E-state index contributed by atoms with van der Waals surface area (Å²) in [6, 6.07) is 9.44. The molecule has 8 nitrogen and oxygen atoms in total. The maximum absolute atomic E-state index is 11.9. The van der Waals surface area contributed by atoms with E-state index in [2.05, 4.69) is 0 Å². The molecule has 1 N–H and O–H groups in total. The van der Waals surface area contributed by atoms with Crippen LogP contribution in [0.5, 0.6) is 0 Å². The molecule has 0 aliphatic heterocycles. The second-order valence-electron chi connectivity index (χ2n) is 5.21. The van der Waals surface area contributed by atoms with Gasteiger partial charge in [0.2, 0.25) is 5.91 Å². The summed E-state index contributed by atoms with van der Waals surface area (Å²) >= 11 is 1.04. The van der Waals surface area contributed by atoms with Crippen LogP contribution in [-0.4, -0.2) is 45.4 Å². The Morgan fingerprint density at radius 2 is 1.88 bits per heavy atom. The smallest absolute Gasteiger partial charge is 0.313 e. The van der Waals surface area contributed by atoms with E-state index in [9.17, 15) is 19.7 Å². The molecule has 132 valence electrons. The molecular formula is C16H16N2O6S. The number of thioether (sulfide) groups is 1. The van der Waals surface area contributed by atoms with Crippen LogP contribution in [0.25, 0.3) is 11.3 Å². The molecule has 0 fully saturated rings. The number of carbonyl (C=O) groups excluding carboxylic acids is 1. The molecule has 2 aromatic rings. The molecule has 1 aromatic heterocycles. The number of nitro benzene ring substituents is 1. The van der Waals surface area contributed by atoms with Crippen molar-refractivity contribution in [2.75, 3.05) is 18.6 Å². The zero-order valence-electron chi connectivity index (χ0n) is 13.4. The van der Waals surface area contributed by atoms with Crippen molar-refractivity contribution >= 4 is 29.3 Å². The quantitative estimate of drug-likeness (QED) is 0.565. The van der Waals surface area contributed by atoms with Gasteiger partial charge in [-0.2, -0.15) is 0 Å². The Balaban J connectivity index is 1.95. The summed E-state index contributed by atoms with van der Waals surface area (Å²) in [6.07, 6.45) is 0. The molecule has 0 aliphatic carbocycles. The third kappa shape index (κ3) is 5.35. The van der Waals surface area contributed by atoms with Gasteiger partial charge in [-0.3, -0.25) is 19.7 Å². The van der Waals surface area contributed by atoms with Gasteiger partial charge in [-0.25, -0.2) is 0 Å². The number of nitrogens with zero attached hydrogens (tertiary/aromatic N) is 2. The monoisotopic (exact) mass is 364 g/mol. The first-order valence-electron chi connectivity index (χ1n) is 7.24. The highest BCUT2D eigenvalue weighted by molar-refractivity contribution is 8.00. The first kappa shape index (κ1) is 18.5. The third-order valence-electron chi connectivity index (χ3n) is 3.29. The van der Waals surface area contributed by atoms with E-state index < -0.39 is 10.9 Å². The molecule has 0 bridgehead atoms. The van der Waals surface area contributed by atoms with Crippen molar-refractivity contribution in [3.05, 3.63) is 52.3 Å². The topological polar surface area (TPSA) is 114 Å². The van der Waals surface area contributed by atoms with Crippen molar-refractivity contribution in [2.24, 2.45) is 0 Å². The SMILES string of the molecule is CN(Cc1ccc(-c2ccc([N+](=O)[O-])cc2)o1)C(=O)CSCC(=O)O. The van der Waals surface area contributed by atoms with Crippen LogP contribution in [0.3, 0.4) is 0 Å². The van der Waals surface area contributed by atoms with Gasteiger partial charge < -0.3 is 14.4 Å². The molecule has 0 atom stereocenters. The number of nitro groups is 1. The number of benzene rings is 1. The molecule has 25 heavy (non-hydrogen) atoms.